The molecule has 0 saturated carbocycles. The lowest BCUT2D eigenvalue weighted by atomic mass is 10.1. The fourth-order valence-corrected chi connectivity index (χ4v) is 1.86. The summed E-state index contributed by atoms with van der Waals surface area (Å²) in [6.45, 7) is 1.70. The topological polar surface area (TPSA) is 56.5 Å². The van der Waals surface area contributed by atoms with E-state index in [1.165, 1.54) is 0 Å². The van der Waals surface area contributed by atoms with Crippen molar-refractivity contribution in [2.75, 3.05) is 19.8 Å². The standard InChI is InChI=1S/C11H18N2O3/c1-13-9(4-5-12-13)2-3-10(14)11-8-15-6-7-16-11/h4-5,10-11,14H,2-3,6-8H2,1H3. The number of aromatic nitrogens is 2. The van der Waals surface area contributed by atoms with Crippen LogP contribution in [0.2, 0.25) is 0 Å². The molecule has 5 heteroatoms. The zero-order valence-corrected chi connectivity index (χ0v) is 9.50. The molecule has 1 aromatic heterocycles. The molecule has 5 nitrogen and oxygen atoms in total. The maximum absolute atomic E-state index is 9.93. The van der Waals surface area contributed by atoms with Gasteiger partial charge in [-0.2, -0.15) is 5.10 Å². The van der Waals surface area contributed by atoms with Crippen LogP contribution in [0.1, 0.15) is 12.1 Å². The van der Waals surface area contributed by atoms with Gasteiger partial charge in [0.1, 0.15) is 6.10 Å². The Morgan fingerprint density at radius 3 is 3.12 bits per heavy atom. The summed E-state index contributed by atoms with van der Waals surface area (Å²) in [5, 5.41) is 14.0. The van der Waals surface area contributed by atoms with Crippen molar-refractivity contribution in [1.82, 2.24) is 9.78 Å². The highest BCUT2D eigenvalue weighted by atomic mass is 16.6. The molecule has 2 atom stereocenters. The summed E-state index contributed by atoms with van der Waals surface area (Å²) in [7, 11) is 1.90. The van der Waals surface area contributed by atoms with Crippen LogP contribution in [0, 0.1) is 0 Å². The van der Waals surface area contributed by atoms with E-state index in [0.717, 1.165) is 12.1 Å². The Labute approximate surface area is 95.0 Å². The molecule has 0 spiro atoms. The third-order valence-electron chi connectivity index (χ3n) is 2.89. The molecule has 0 aromatic carbocycles. The SMILES string of the molecule is Cn1nccc1CCC(O)C1COCCO1. The van der Waals surface area contributed by atoms with Gasteiger partial charge in [0.2, 0.25) is 0 Å². The highest BCUT2D eigenvalue weighted by Gasteiger charge is 2.23. The molecule has 0 aliphatic carbocycles. The van der Waals surface area contributed by atoms with Gasteiger partial charge in [0, 0.05) is 18.9 Å². The van der Waals surface area contributed by atoms with Gasteiger partial charge in [-0.05, 0) is 18.9 Å². The number of aryl methyl sites for hydroxylation is 2. The van der Waals surface area contributed by atoms with E-state index in [4.69, 9.17) is 9.47 Å². The first-order valence-corrected chi connectivity index (χ1v) is 5.61. The maximum Gasteiger partial charge on any atom is 0.107 e. The predicted octanol–water partition coefficient (Wildman–Crippen LogP) is 0.129. The summed E-state index contributed by atoms with van der Waals surface area (Å²) >= 11 is 0. The van der Waals surface area contributed by atoms with Crippen LogP contribution in [0.5, 0.6) is 0 Å². The molecule has 16 heavy (non-hydrogen) atoms. The number of hydrogen-bond acceptors (Lipinski definition) is 4. The van der Waals surface area contributed by atoms with Gasteiger partial charge in [-0.1, -0.05) is 0 Å². The number of ether oxygens (including phenoxy) is 2. The van der Waals surface area contributed by atoms with Crippen molar-refractivity contribution in [2.45, 2.75) is 25.0 Å². The van der Waals surface area contributed by atoms with E-state index in [2.05, 4.69) is 5.10 Å². The van der Waals surface area contributed by atoms with E-state index in [0.29, 0.717) is 26.2 Å². The van der Waals surface area contributed by atoms with E-state index in [-0.39, 0.29) is 6.10 Å². The van der Waals surface area contributed by atoms with E-state index < -0.39 is 6.10 Å². The highest BCUT2D eigenvalue weighted by molar-refractivity contribution is 5.00. The molecule has 2 heterocycles. The summed E-state index contributed by atoms with van der Waals surface area (Å²) in [6, 6.07) is 1.96. The number of aliphatic hydroxyl groups is 1. The van der Waals surface area contributed by atoms with Crippen LogP contribution in [0.3, 0.4) is 0 Å². The first kappa shape index (κ1) is 11.6. The first-order valence-electron chi connectivity index (χ1n) is 5.61. The Morgan fingerprint density at radius 1 is 1.62 bits per heavy atom. The number of aliphatic hydroxyl groups excluding tert-OH is 1. The zero-order chi connectivity index (χ0) is 11.4. The molecule has 1 N–H and O–H groups in total. The van der Waals surface area contributed by atoms with Crippen LogP contribution in [0.15, 0.2) is 12.3 Å². The van der Waals surface area contributed by atoms with Gasteiger partial charge in [0.25, 0.3) is 0 Å². The molecule has 1 aliphatic heterocycles. The molecule has 1 fully saturated rings. The molecule has 1 aromatic rings. The molecule has 0 amide bonds. The van der Waals surface area contributed by atoms with Gasteiger partial charge in [0.05, 0.1) is 25.9 Å². The molecule has 0 bridgehead atoms. The fraction of sp³-hybridized carbons (Fsp3) is 0.727. The van der Waals surface area contributed by atoms with Crippen molar-refractivity contribution in [1.29, 1.82) is 0 Å². The molecule has 90 valence electrons. The van der Waals surface area contributed by atoms with Gasteiger partial charge in [-0.3, -0.25) is 4.68 Å². The van der Waals surface area contributed by atoms with E-state index in [1.807, 2.05) is 17.8 Å². The van der Waals surface area contributed by atoms with Crippen LogP contribution >= 0.6 is 0 Å². The third kappa shape index (κ3) is 2.81. The smallest absolute Gasteiger partial charge is 0.107 e. The average molecular weight is 226 g/mol. The minimum Gasteiger partial charge on any atom is -0.390 e. The normalized spacial score (nSPS) is 23.2. The molecular weight excluding hydrogens is 208 g/mol. The summed E-state index contributed by atoms with van der Waals surface area (Å²) in [4.78, 5) is 0. The monoisotopic (exact) mass is 226 g/mol. The number of hydrogen-bond donors (Lipinski definition) is 1. The van der Waals surface area contributed by atoms with Gasteiger partial charge >= 0.3 is 0 Å². The largest absolute Gasteiger partial charge is 0.390 e. The summed E-state index contributed by atoms with van der Waals surface area (Å²) in [5.74, 6) is 0. The maximum atomic E-state index is 9.93. The Hall–Kier alpha value is -0.910. The van der Waals surface area contributed by atoms with Gasteiger partial charge in [-0.25, -0.2) is 0 Å². The van der Waals surface area contributed by atoms with Crippen LogP contribution in [0.25, 0.3) is 0 Å². The first-order chi connectivity index (χ1) is 7.77. The lowest BCUT2D eigenvalue weighted by Gasteiger charge is -2.27. The summed E-state index contributed by atoms with van der Waals surface area (Å²) in [5.41, 5.74) is 1.12. The predicted molar refractivity (Wildman–Crippen MR) is 58.1 cm³/mol. The van der Waals surface area contributed by atoms with Crippen molar-refractivity contribution in [2.24, 2.45) is 7.05 Å². The minimum atomic E-state index is -0.463. The number of nitrogens with zero attached hydrogens (tertiary/aromatic N) is 2. The Morgan fingerprint density at radius 2 is 2.50 bits per heavy atom. The molecule has 2 rings (SSSR count). The second-order valence-corrected chi connectivity index (χ2v) is 4.04. The van der Waals surface area contributed by atoms with E-state index in [9.17, 15) is 5.11 Å². The van der Waals surface area contributed by atoms with E-state index >= 15 is 0 Å². The average Bonchev–Trinajstić information content (AvgIpc) is 2.73. The second-order valence-electron chi connectivity index (χ2n) is 4.04. The molecule has 2 unspecified atom stereocenters. The fourth-order valence-electron chi connectivity index (χ4n) is 1.86. The third-order valence-corrected chi connectivity index (χ3v) is 2.89. The van der Waals surface area contributed by atoms with Gasteiger partial charge in [-0.15, -0.1) is 0 Å². The highest BCUT2D eigenvalue weighted by Crippen LogP contribution is 2.11. The van der Waals surface area contributed by atoms with Crippen LogP contribution in [-0.4, -0.2) is 46.9 Å². The lowest BCUT2D eigenvalue weighted by molar-refractivity contribution is -0.133. The second kappa shape index (κ2) is 5.43. The quantitative estimate of drug-likeness (QED) is 0.793. The number of rotatable bonds is 4. The van der Waals surface area contributed by atoms with Crippen LogP contribution < -0.4 is 0 Å². The van der Waals surface area contributed by atoms with Crippen LogP contribution in [-0.2, 0) is 22.9 Å². The lowest BCUT2D eigenvalue weighted by Crippen LogP contribution is -2.38. The van der Waals surface area contributed by atoms with Gasteiger partial charge in [0.15, 0.2) is 0 Å². The molecule has 0 radical (unpaired) electrons. The van der Waals surface area contributed by atoms with Crippen molar-refractivity contribution in [3.8, 4) is 0 Å². The molecule has 1 aliphatic rings. The van der Waals surface area contributed by atoms with Crippen molar-refractivity contribution in [3.63, 3.8) is 0 Å². The zero-order valence-electron chi connectivity index (χ0n) is 9.50. The summed E-state index contributed by atoms with van der Waals surface area (Å²) < 4.78 is 12.5. The van der Waals surface area contributed by atoms with Crippen molar-refractivity contribution in [3.05, 3.63) is 18.0 Å². The summed E-state index contributed by atoms with van der Waals surface area (Å²) in [6.07, 6.45) is 2.60. The Bertz CT molecular complexity index is 321. The Kier molecular flexibility index (Phi) is 3.93. The van der Waals surface area contributed by atoms with Gasteiger partial charge < -0.3 is 14.6 Å². The molecular formula is C11H18N2O3. The van der Waals surface area contributed by atoms with E-state index in [1.54, 1.807) is 6.20 Å². The molecule has 1 saturated heterocycles. The Balaban J connectivity index is 1.78. The minimum absolute atomic E-state index is 0.179. The van der Waals surface area contributed by atoms with Crippen LogP contribution in [0.4, 0.5) is 0 Å². The van der Waals surface area contributed by atoms with Crippen molar-refractivity contribution < 1.29 is 14.6 Å². The van der Waals surface area contributed by atoms with Crippen molar-refractivity contribution >= 4 is 0 Å².